The summed E-state index contributed by atoms with van der Waals surface area (Å²) < 4.78 is 0. The molecule has 74 valence electrons. The van der Waals surface area contributed by atoms with E-state index in [1.165, 1.54) is 0 Å². The zero-order valence-electron chi connectivity index (χ0n) is 9.23. The second-order valence-electron chi connectivity index (χ2n) is 4.38. The third-order valence-corrected chi connectivity index (χ3v) is 1.43. The van der Waals surface area contributed by atoms with Crippen LogP contribution in [0.2, 0.25) is 0 Å². The van der Waals surface area contributed by atoms with Gasteiger partial charge in [0, 0.05) is 19.6 Å². The topological polar surface area (TPSA) is 27.3 Å². The van der Waals surface area contributed by atoms with Gasteiger partial charge in [-0.2, -0.15) is 0 Å². The standard InChI is InChI=1S/C9H23N3/c1-7-8(11-12(5)6)10-9(2,3)4/h8,10-11H,7H2,1-6H3. The number of nitrogens with one attached hydrogen (secondary N) is 2. The first-order chi connectivity index (χ1) is 5.35. The molecule has 0 rings (SSSR count). The zero-order valence-corrected chi connectivity index (χ0v) is 9.23. The van der Waals surface area contributed by atoms with Crippen molar-refractivity contribution in [3.05, 3.63) is 0 Å². The van der Waals surface area contributed by atoms with Crippen LogP contribution in [0, 0.1) is 0 Å². The molecule has 0 radical (unpaired) electrons. The van der Waals surface area contributed by atoms with Crippen LogP contribution in [0.1, 0.15) is 34.1 Å². The molecule has 0 saturated carbocycles. The lowest BCUT2D eigenvalue weighted by Gasteiger charge is -2.30. The lowest BCUT2D eigenvalue weighted by atomic mass is 10.1. The zero-order chi connectivity index (χ0) is 9.78. The van der Waals surface area contributed by atoms with Gasteiger partial charge in [-0.1, -0.05) is 6.92 Å². The molecule has 3 heteroatoms. The highest BCUT2D eigenvalue weighted by molar-refractivity contribution is 4.74. The van der Waals surface area contributed by atoms with E-state index in [9.17, 15) is 0 Å². The third kappa shape index (κ3) is 6.58. The van der Waals surface area contributed by atoms with E-state index in [2.05, 4.69) is 38.4 Å². The monoisotopic (exact) mass is 173 g/mol. The molecule has 0 spiro atoms. The van der Waals surface area contributed by atoms with E-state index in [4.69, 9.17) is 0 Å². The van der Waals surface area contributed by atoms with Gasteiger partial charge < -0.3 is 0 Å². The molecule has 2 N–H and O–H groups in total. The van der Waals surface area contributed by atoms with Crippen LogP contribution in [-0.2, 0) is 0 Å². The van der Waals surface area contributed by atoms with Gasteiger partial charge in [0.15, 0.2) is 0 Å². The highest BCUT2D eigenvalue weighted by Crippen LogP contribution is 2.01. The van der Waals surface area contributed by atoms with Crippen LogP contribution in [0.4, 0.5) is 0 Å². The molecule has 0 aromatic heterocycles. The largest absolute Gasteiger partial charge is 0.296 e. The molecule has 1 unspecified atom stereocenters. The van der Waals surface area contributed by atoms with E-state index in [1.807, 2.05) is 19.1 Å². The Kier molecular flexibility index (Phi) is 4.75. The van der Waals surface area contributed by atoms with Gasteiger partial charge in [0.1, 0.15) is 0 Å². The summed E-state index contributed by atoms with van der Waals surface area (Å²) in [5.74, 6) is 0. The second kappa shape index (κ2) is 4.80. The molecule has 3 nitrogen and oxygen atoms in total. The van der Waals surface area contributed by atoms with Gasteiger partial charge in [0.05, 0.1) is 6.17 Å². The minimum Gasteiger partial charge on any atom is -0.296 e. The fraction of sp³-hybridized carbons (Fsp3) is 1.00. The Hall–Kier alpha value is -0.120. The Morgan fingerprint density at radius 1 is 1.25 bits per heavy atom. The minimum absolute atomic E-state index is 0.170. The summed E-state index contributed by atoms with van der Waals surface area (Å²) in [5.41, 5.74) is 3.48. The normalized spacial score (nSPS) is 15.2. The molecule has 0 heterocycles. The highest BCUT2D eigenvalue weighted by Gasteiger charge is 2.15. The molecule has 0 saturated heterocycles. The molecule has 0 aliphatic carbocycles. The molecule has 1 atom stereocenters. The average Bonchev–Trinajstić information content (AvgIpc) is 1.82. The van der Waals surface area contributed by atoms with Crippen LogP contribution in [0.3, 0.4) is 0 Å². The predicted molar refractivity (Wildman–Crippen MR) is 53.8 cm³/mol. The van der Waals surface area contributed by atoms with E-state index in [1.54, 1.807) is 0 Å². The summed E-state index contributed by atoms with van der Waals surface area (Å²) in [6.45, 7) is 8.69. The van der Waals surface area contributed by atoms with Gasteiger partial charge in [0.2, 0.25) is 0 Å². The number of rotatable bonds is 4. The number of nitrogens with zero attached hydrogens (tertiary/aromatic N) is 1. The first-order valence-corrected chi connectivity index (χ1v) is 4.56. The van der Waals surface area contributed by atoms with Crippen LogP contribution in [0.25, 0.3) is 0 Å². The van der Waals surface area contributed by atoms with Crippen molar-refractivity contribution >= 4 is 0 Å². The summed E-state index contributed by atoms with van der Waals surface area (Å²) in [4.78, 5) is 0. The van der Waals surface area contributed by atoms with Crippen molar-refractivity contribution in [2.75, 3.05) is 14.1 Å². The Morgan fingerprint density at radius 3 is 2.00 bits per heavy atom. The number of hydrogen-bond donors (Lipinski definition) is 2. The quantitative estimate of drug-likeness (QED) is 0.494. The molecule has 0 amide bonds. The second-order valence-corrected chi connectivity index (χ2v) is 4.38. The van der Waals surface area contributed by atoms with Gasteiger partial charge in [-0.25, -0.2) is 10.4 Å². The minimum atomic E-state index is 0.170. The summed E-state index contributed by atoms with van der Waals surface area (Å²) >= 11 is 0. The van der Waals surface area contributed by atoms with Crippen molar-refractivity contribution in [2.45, 2.75) is 45.8 Å². The van der Waals surface area contributed by atoms with Crippen molar-refractivity contribution < 1.29 is 0 Å². The first kappa shape index (κ1) is 11.9. The Labute approximate surface area is 76.5 Å². The molecule has 0 aliphatic heterocycles. The van der Waals surface area contributed by atoms with Gasteiger partial charge in [-0.05, 0) is 27.2 Å². The van der Waals surface area contributed by atoms with E-state index in [0.717, 1.165) is 6.42 Å². The Balaban J connectivity index is 3.83. The fourth-order valence-corrected chi connectivity index (χ4v) is 1.06. The van der Waals surface area contributed by atoms with E-state index in [-0.39, 0.29) is 5.54 Å². The van der Waals surface area contributed by atoms with Crippen molar-refractivity contribution in [3.8, 4) is 0 Å². The maximum absolute atomic E-state index is 3.48. The lowest BCUT2D eigenvalue weighted by molar-refractivity contribution is 0.185. The first-order valence-electron chi connectivity index (χ1n) is 4.56. The maximum atomic E-state index is 3.48. The molecular weight excluding hydrogens is 150 g/mol. The maximum Gasteiger partial charge on any atom is 0.0707 e. The van der Waals surface area contributed by atoms with Gasteiger partial charge in [-0.3, -0.25) is 5.32 Å². The Morgan fingerprint density at radius 2 is 1.75 bits per heavy atom. The third-order valence-electron chi connectivity index (χ3n) is 1.43. The molecule has 0 bridgehead atoms. The summed E-state index contributed by atoms with van der Waals surface area (Å²) in [5, 5.41) is 5.46. The molecule has 12 heavy (non-hydrogen) atoms. The summed E-state index contributed by atoms with van der Waals surface area (Å²) in [6, 6.07) is 0. The molecule has 0 aromatic rings. The summed E-state index contributed by atoms with van der Waals surface area (Å²) in [7, 11) is 4.01. The van der Waals surface area contributed by atoms with Crippen molar-refractivity contribution in [2.24, 2.45) is 0 Å². The van der Waals surface area contributed by atoms with Gasteiger partial charge >= 0.3 is 0 Å². The molecular formula is C9H23N3. The summed E-state index contributed by atoms with van der Waals surface area (Å²) in [6.07, 6.45) is 1.44. The molecule has 0 fully saturated rings. The van der Waals surface area contributed by atoms with Crippen LogP contribution in [-0.4, -0.2) is 30.8 Å². The van der Waals surface area contributed by atoms with Gasteiger partial charge in [0.25, 0.3) is 0 Å². The van der Waals surface area contributed by atoms with E-state index < -0.39 is 0 Å². The van der Waals surface area contributed by atoms with Crippen LogP contribution in [0.5, 0.6) is 0 Å². The van der Waals surface area contributed by atoms with Gasteiger partial charge in [-0.15, -0.1) is 0 Å². The van der Waals surface area contributed by atoms with Crippen LogP contribution in [0.15, 0.2) is 0 Å². The SMILES string of the molecule is CCC(NN(C)C)NC(C)(C)C. The van der Waals surface area contributed by atoms with Crippen molar-refractivity contribution in [1.82, 2.24) is 15.8 Å². The smallest absolute Gasteiger partial charge is 0.0707 e. The number of hydrogen-bond acceptors (Lipinski definition) is 3. The van der Waals surface area contributed by atoms with Crippen molar-refractivity contribution in [1.29, 1.82) is 0 Å². The average molecular weight is 173 g/mol. The number of hydrazine groups is 1. The van der Waals surface area contributed by atoms with E-state index >= 15 is 0 Å². The van der Waals surface area contributed by atoms with Crippen LogP contribution >= 0.6 is 0 Å². The molecule has 0 aromatic carbocycles. The van der Waals surface area contributed by atoms with E-state index in [0.29, 0.717) is 6.17 Å². The molecule has 0 aliphatic rings. The van der Waals surface area contributed by atoms with Crippen molar-refractivity contribution in [3.63, 3.8) is 0 Å². The Bertz CT molecular complexity index is 115. The highest BCUT2D eigenvalue weighted by atomic mass is 15.5. The predicted octanol–water partition coefficient (Wildman–Crippen LogP) is 1.18. The van der Waals surface area contributed by atoms with Crippen LogP contribution < -0.4 is 10.7 Å². The fourth-order valence-electron chi connectivity index (χ4n) is 1.06. The lowest BCUT2D eigenvalue weighted by Crippen LogP contribution is -2.54.